The molecule has 0 aliphatic heterocycles. The molecular weight excluding hydrogens is 315 g/mol. The summed E-state index contributed by atoms with van der Waals surface area (Å²) < 4.78 is 13.7. The van der Waals surface area contributed by atoms with Crippen molar-refractivity contribution < 1.29 is 14.3 Å². The summed E-state index contributed by atoms with van der Waals surface area (Å²) >= 11 is 10.5. The highest BCUT2D eigenvalue weighted by Crippen LogP contribution is 2.25. The molecule has 0 aliphatic rings. The average molecular weight is 325 g/mol. The smallest absolute Gasteiger partial charge is 0.255 e. The lowest BCUT2D eigenvalue weighted by atomic mass is 10.1. The number of carbonyl (C=O) groups excluding carboxylic acids is 1. The molecule has 2 aromatic carbocycles. The Morgan fingerprint density at radius 2 is 2.05 bits per heavy atom. The van der Waals surface area contributed by atoms with Crippen LogP contribution in [0.2, 0.25) is 5.02 Å². The Morgan fingerprint density at radius 1 is 1.33 bits per heavy atom. The molecule has 1 amide bonds. The van der Waals surface area contributed by atoms with Gasteiger partial charge in [-0.15, -0.1) is 0 Å². The van der Waals surface area contributed by atoms with Gasteiger partial charge in [-0.25, -0.2) is 4.39 Å². The number of phenolic OH excluding ortho intramolecular Hbond substituents is 1. The van der Waals surface area contributed by atoms with Crippen LogP contribution in [0, 0.1) is 5.82 Å². The number of hydrogen-bond acceptors (Lipinski definition) is 3. The molecule has 0 saturated carbocycles. The summed E-state index contributed by atoms with van der Waals surface area (Å²) in [7, 11) is 0. The molecule has 21 heavy (non-hydrogen) atoms. The van der Waals surface area contributed by atoms with Crippen molar-refractivity contribution >= 4 is 40.4 Å². The van der Waals surface area contributed by atoms with Gasteiger partial charge in [0.15, 0.2) is 0 Å². The lowest BCUT2D eigenvalue weighted by molar-refractivity contribution is 0.102. The zero-order valence-electron chi connectivity index (χ0n) is 10.6. The minimum atomic E-state index is -0.621. The molecule has 0 aromatic heterocycles. The molecule has 0 saturated heterocycles. The molecule has 7 heteroatoms. The minimum absolute atomic E-state index is 0.0364. The number of nitrogens with two attached hydrogens (primary N) is 1. The van der Waals surface area contributed by atoms with E-state index in [1.807, 2.05) is 0 Å². The van der Waals surface area contributed by atoms with Crippen LogP contribution in [-0.4, -0.2) is 16.0 Å². The second kappa shape index (κ2) is 6.07. The predicted molar refractivity (Wildman–Crippen MR) is 83.4 cm³/mol. The van der Waals surface area contributed by atoms with E-state index in [1.54, 1.807) is 0 Å². The zero-order valence-corrected chi connectivity index (χ0v) is 12.1. The third-order valence-electron chi connectivity index (χ3n) is 2.72. The van der Waals surface area contributed by atoms with Gasteiger partial charge in [-0.2, -0.15) is 0 Å². The van der Waals surface area contributed by atoms with Crippen LogP contribution in [0.15, 0.2) is 36.4 Å². The fourth-order valence-corrected chi connectivity index (χ4v) is 2.11. The van der Waals surface area contributed by atoms with Crippen molar-refractivity contribution in [2.45, 2.75) is 0 Å². The maximum Gasteiger partial charge on any atom is 0.255 e. The van der Waals surface area contributed by atoms with Crippen LogP contribution >= 0.6 is 23.8 Å². The molecule has 0 atom stereocenters. The number of rotatable bonds is 3. The average Bonchev–Trinajstić information content (AvgIpc) is 2.41. The van der Waals surface area contributed by atoms with Gasteiger partial charge in [-0.1, -0.05) is 29.9 Å². The monoisotopic (exact) mass is 324 g/mol. The van der Waals surface area contributed by atoms with Gasteiger partial charge in [0.1, 0.15) is 16.6 Å². The number of hydrogen-bond donors (Lipinski definition) is 3. The summed E-state index contributed by atoms with van der Waals surface area (Å²) in [5.74, 6) is -1.29. The fourth-order valence-electron chi connectivity index (χ4n) is 1.72. The Labute approximate surface area is 130 Å². The molecule has 0 bridgehead atoms. The van der Waals surface area contributed by atoms with Crippen LogP contribution in [0.4, 0.5) is 10.1 Å². The van der Waals surface area contributed by atoms with Crippen molar-refractivity contribution in [2.24, 2.45) is 5.73 Å². The van der Waals surface area contributed by atoms with E-state index < -0.39 is 11.7 Å². The fraction of sp³-hybridized carbons (Fsp3) is 0. The summed E-state index contributed by atoms with van der Waals surface area (Å²) in [6.45, 7) is 0. The topological polar surface area (TPSA) is 75.3 Å². The van der Waals surface area contributed by atoms with E-state index in [4.69, 9.17) is 29.6 Å². The van der Waals surface area contributed by atoms with Crippen molar-refractivity contribution in [3.05, 3.63) is 58.4 Å². The number of carbonyl (C=O) groups is 1. The number of phenols is 1. The first kappa shape index (κ1) is 15.2. The second-order valence-electron chi connectivity index (χ2n) is 4.15. The van der Waals surface area contributed by atoms with Crippen molar-refractivity contribution in [3.8, 4) is 5.75 Å². The summed E-state index contributed by atoms with van der Waals surface area (Å²) in [5.41, 5.74) is 5.79. The Kier molecular flexibility index (Phi) is 4.40. The third-order valence-corrected chi connectivity index (χ3v) is 3.22. The van der Waals surface area contributed by atoms with Crippen molar-refractivity contribution in [1.29, 1.82) is 0 Å². The molecule has 0 fully saturated rings. The van der Waals surface area contributed by atoms with E-state index in [1.165, 1.54) is 36.4 Å². The van der Waals surface area contributed by atoms with Crippen LogP contribution in [-0.2, 0) is 0 Å². The summed E-state index contributed by atoms with van der Waals surface area (Å²) in [6.07, 6.45) is 0. The van der Waals surface area contributed by atoms with Crippen LogP contribution in [0.3, 0.4) is 0 Å². The first-order valence-corrected chi connectivity index (χ1v) is 6.57. The van der Waals surface area contributed by atoms with Crippen molar-refractivity contribution in [1.82, 2.24) is 0 Å². The quantitative estimate of drug-likeness (QED) is 0.758. The van der Waals surface area contributed by atoms with Gasteiger partial charge < -0.3 is 16.2 Å². The molecule has 2 aromatic rings. The molecule has 0 heterocycles. The van der Waals surface area contributed by atoms with Gasteiger partial charge in [0, 0.05) is 5.56 Å². The van der Waals surface area contributed by atoms with E-state index in [0.717, 1.165) is 0 Å². The number of benzene rings is 2. The highest BCUT2D eigenvalue weighted by Gasteiger charge is 2.15. The first-order valence-electron chi connectivity index (χ1n) is 5.78. The van der Waals surface area contributed by atoms with Gasteiger partial charge in [0.05, 0.1) is 16.3 Å². The zero-order chi connectivity index (χ0) is 15.6. The molecule has 0 aliphatic carbocycles. The number of anilines is 1. The van der Waals surface area contributed by atoms with Crippen LogP contribution in [0.5, 0.6) is 5.75 Å². The molecule has 0 radical (unpaired) electrons. The van der Waals surface area contributed by atoms with E-state index in [9.17, 15) is 14.3 Å². The highest BCUT2D eigenvalue weighted by atomic mass is 35.5. The number of aromatic hydroxyl groups is 1. The predicted octanol–water partition coefficient (Wildman–Crippen LogP) is 3.07. The Hall–Kier alpha value is -2.18. The highest BCUT2D eigenvalue weighted by molar-refractivity contribution is 7.80. The van der Waals surface area contributed by atoms with Crippen LogP contribution < -0.4 is 11.1 Å². The Balaban J connectivity index is 2.34. The first-order chi connectivity index (χ1) is 9.90. The maximum absolute atomic E-state index is 13.7. The molecule has 0 spiro atoms. The van der Waals surface area contributed by atoms with Crippen LogP contribution in [0.1, 0.15) is 15.9 Å². The molecule has 2 rings (SSSR count). The normalized spacial score (nSPS) is 10.2. The largest absolute Gasteiger partial charge is 0.506 e. The molecule has 4 N–H and O–H groups in total. The van der Waals surface area contributed by atoms with E-state index in [-0.39, 0.29) is 32.6 Å². The second-order valence-corrected chi connectivity index (χ2v) is 4.99. The molecular formula is C14H10ClFN2O2S. The maximum atomic E-state index is 13.7. The third kappa shape index (κ3) is 3.29. The Morgan fingerprint density at radius 3 is 2.67 bits per heavy atom. The number of halogens is 2. The molecule has 4 nitrogen and oxygen atoms in total. The molecule has 0 unspecified atom stereocenters. The summed E-state index contributed by atoms with van der Waals surface area (Å²) in [4.78, 5) is 11.9. The lowest BCUT2D eigenvalue weighted by Gasteiger charge is -2.11. The van der Waals surface area contributed by atoms with E-state index >= 15 is 0 Å². The van der Waals surface area contributed by atoms with E-state index in [2.05, 4.69) is 5.32 Å². The summed E-state index contributed by atoms with van der Waals surface area (Å²) in [6, 6.07) is 8.08. The van der Waals surface area contributed by atoms with E-state index in [0.29, 0.717) is 0 Å². The van der Waals surface area contributed by atoms with Gasteiger partial charge in [0.2, 0.25) is 0 Å². The van der Waals surface area contributed by atoms with Gasteiger partial charge in [-0.3, -0.25) is 4.79 Å². The van der Waals surface area contributed by atoms with Crippen molar-refractivity contribution in [2.75, 3.05) is 5.32 Å². The lowest BCUT2D eigenvalue weighted by Crippen LogP contribution is -2.19. The van der Waals surface area contributed by atoms with Crippen molar-refractivity contribution in [3.63, 3.8) is 0 Å². The standard InChI is InChI=1S/C14H10ClFN2O2S/c15-8-6-7(4-5-11(8)19)14(20)18-10-3-1-2-9(16)12(10)13(17)21/h1-6,19H,(H2,17,21)(H,18,20). The van der Waals surface area contributed by atoms with Crippen LogP contribution in [0.25, 0.3) is 0 Å². The number of thiocarbonyl (C=S) groups is 1. The summed E-state index contributed by atoms with van der Waals surface area (Å²) in [5, 5.41) is 11.9. The number of nitrogens with one attached hydrogen (secondary N) is 1. The number of amides is 1. The Bertz CT molecular complexity index is 737. The van der Waals surface area contributed by atoms with Gasteiger partial charge >= 0.3 is 0 Å². The van der Waals surface area contributed by atoms with Gasteiger partial charge in [-0.05, 0) is 30.3 Å². The molecule has 108 valence electrons. The minimum Gasteiger partial charge on any atom is -0.506 e. The SMILES string of the molecule is NC(=S)c1c(F)cccc1NC(=O)c1ccc(O)c(Cl)c1. The van der Waals surface area contributed by atoms with Gasteiger partial charge in [0.25, 0.3) is 5.91 Å².